The summed E-state index contributed by atoms with van der Waals surface area (Å²) < 4.78 is 7.59. The molecule has 0 saturated heterocycles. The number of methoxy groups -OCH3 is 1. The van der Waals surface area contributed by atoms with Gasteiger partial charge in [-0.25, -0.2) is 4.98 Å². The molecule has 2 aromatic rings. The lowest BCUT2D eigenvalue weighted by Crippen LogP contribution is -2.13. The van der Waals surface area contributed by atoms with Crippen LogP contribution in [-0.4, -0.2) is 23.3 Å². The van der Waals surface area contributed by atoms with Gasteiger partial charge < -0.3 is 9.30 Å². The summed E-state index contributed by atoms with van der Waals surface area (Å²) in [5.41, 5.74) is 2.23. The molecule has 1 aromatic heterocycles. The predicted molar refractivity (Wildman–Crippen MR) is 87.1 cm³/mol. The molecule has 0 N–H and O–H groups in total. The molecule has 21 heavy (non-hydrogen) atoms. The molecular formula is C17H23ClN2O. The molecule has 0 bridgehead atoms. The predicted octanol–water partition coefficient (Wildman–Crippen LogP) is 4.77. The molecule has 1 fully saturated rings. The molecule has 1 saturated carbocycles. The molecular weight excluding hydrogens is 284 g/mol. The third kappa shape index (κ3) is 3.24. The third-order valence-electron chi connectivity index (χ3n) is 4.44. The highest BCUT2D eigenvalue weighted by Gasteiger charge is 2.22. The van der Waals surface area contributed by atoms with Crippen LogP contribution in [0.15, 0.2) is 18.2 Å². The Labute approximate surface area is 131 Å². The van der Waals surface area contributed by atoms with Crippen molar-refractivity contribution in [3.63, 3.8) is 0 Å². The molecule has 1 aliphatic carbocycles. The molecule has 0 amide bonds. The Hall–Kier alpha value is -1.06. The Balaban J connectivity index is 1.97. The maximum atomic E-state index is 6.12. The van der Waals surface area contributed by atoms with Crippen molar-refractivity contribution >= 4 is 22.6 Å². The molecule has 1 aliphatic rings. The van der Waals surface area contributed by atoms with Crippen molar-refractivity contribution in [2.75, 3.05) is 13.7 Å². The summed E-state index contributed by atoms with van der Waals surface area (Å²) in [7, 11) is 1.76. The van der Waals surface area contributed by atoms with Crippen molar-refractivity contribution in [1.82, 2.24) is 9.55 Å². The summed E-state index contributed by atoms with van der Waals surface area (Å²) in [6.07, 6.45) is 7.57. The average molecular weight is 307 g/mol. The van der Waals surface area contributed by atoms with E-state index in [4.69, 9.17) is 21.3 Å². The van der Waals surface area contributed by atoms with Gasteiger partial charge in [-0.3, -0.25) is 0 Å². The highest BCUT2D eigenvalue weighted by atomic mass is 35.5. The Morgan fingerprint density at radius 1 is 1.29 bits per heavy atom. The fraction of sp³-hybridized carbons (Fsp3) is 0.588. The van der Waals surface area contributed by atoms with Crippen molar-refractivity contribution < 1.29 is 4.74 Å². The monoisotopic (exact) mass is 306 g/mol. The van der Waals surface area contributed by atoms with Crippen molar-refractivity contribution in [3.8, 4) is 0 Å². The van der Waals surface area contributed by atoms with E-state index in [1.54, 1.807) is 7.11 Å². The van der Waals surface area contributed by atoms with E-state index in [2.05, 4.69) is 10.6 Å². The summed E-state index contributed by atoms with van der Waals surface area (Å²) in [6, 6.07) is 6.04. The van der Waals surface area contributed by atoms with E-state index in [1.807, 2.05) is 12.1 Å². The smallest absolute Gasteiger partial charge is 0.112 e. The Kier molecular flexibility index (Phi) is 4.81. The van der Waals surface area contributed by atoms with Gasteiger partial charge in [0, 0.05) is 31.2 Å². The molecule has 4 heteroatoms. The number of ether oxygens (including phenoxy) is 1. The molecule has 1 heterocycles. The van der Waals surface area contributed by atoms with E-state index in [-0.39, 0.29) is 0 Å². The number of aromatic nitrogens is 2. The molecule has 114 valence electrons. The van der Waals surface area contributed by atoms with Crippen LogP contribution in [0.25, 0.3) is 11.0 Å². The minimum Gasteiger partial charge on any atom is -0.385 e. The first-order chi connectivity index (χ1) is 10.3. The zero-order valence-corrected chi connectivity index (χ0v) is 13.4. The summed E-state index contributed by atoms with van der Waals surface area (Å²) in [5.74, 6) is 1.86. The largest absolute Gasteiger partial charge is 0.385 e. The van der Waals surface area contributed by atoms with E-state index in [1.165, 1.54) is 43.4 Å². The number of aryl methyl sites for hydroxylation is 1. The highest BCUT2D eigenvalue weighted by Crippen LogP contribution is 2.34. The van der Waals surface area contributed by atoms with Gasteiger partial charge in [-0.2, -0.15) is 0 Å². The van der Waals surface area contributed by atoms with Crippen molar-refractivity contribution in [3.05, 3.63) is 29.0 Å². The fourth-order valence-electron chi connectivity index (χ4n) is 3.40. The SMILES string of the molecule is COCCCn1c(C2CCCCC2)nc2cc(Cl)ccc21. The first-order valence-electron chi connectivity index (χ1n) is 7.94. The molecule has 3 rings (SSSR count). The quantitative estimate of drug-likeness (QED) is 0.744. The number of rotatable bonds is 5. The molecule has 0 unspecified atom stereocenters. The minimum atomic E-state index is 0.604. The van der Waals surface area contributed by atoms with Crippen LogP contribution in [-0.2, 0) is 11.3 Å². The van der Waals surface area contributed by atoms with Crippen LogP contribution in [0.2, 0.25) is 5.02 Å². The highest BCUT2D eigenvalue weighted by molar-refractivity contribution is 6.31. The van der Waals surface area contributed by atoms with Gasteiger partial charge in [0.15, 0.2) is 0 Å². The molecule has 0 atom stereocenters. The van der Waals surface area contributed by atoms with Crippen LogP contribution >= 0.6 is 11.6 Å². The average Bonchev–Trinajstić information content (AvgIpc) is 2.86. The van der Waals surface area contributed by atoms with E-state index in [0.29, 0.717) is 5.92 Å². The van der Waals surface area contributed by atoms with Gasteiger partial charge in [-0.15, -0.1) is 0 Å². The molecule has 3 nitrogen and oxygen atoms in total. The van der Waals surface area contributed by atoms with Gasteiger partial charge in [0.2, 0.25) is 0 Å². The lowest BCUT2D eigenvalue weighted by atomic mass is 9.88. The van der Waals surface area contributed by atoms with Crippen molar-refractivity contribution in [2.45, 2.75) is 51.0 Å². The standard InChI is InChI=1S/C17H23ClN2O/c1-21-11-5-10-20-16-9-8-14(18)12-15(16)19-17(20)13-6-3-2-4-7-13/h8-9,12-13H,2-7,10-11H2,1H3. The Morgan fingerprint density at radius 3 is 2.86 bits per heavy atom. The van der Waals surface area contributed by atoms with Gasteiger partial charge in [0.25, 0.3) is 0 Å². The minimum absolute atomic E-state index is 0.604. The number of fused-ring (bicyclic) bond motifs is 1. The summed E-state index contributed by atoms with van der Waals surface area (Å²) in [5, 5.41) is 0.763. The van der Waals surface area contributed by atoms with Gasteiger partial charge >= 0.3 is 0 Å². The van der Waals surface area contributed by atoms with Gasteiger partial charge in [-0.1, -0.05) is 30.9 Å². The normalized spacial score (nSPS) is 16.7. The summed E-state index contributed by atoms with van der Waals surface area (Å²) >= 11 is 6.12. The van der Waals surface area contributed by atoms with Crippen LogP contribution in [0.1, 0.15) is 50.3 Å². The topological polar surface area (TPSA) is 27.1 Å². The number of imidazole rings is 1. The van der Waals surface area contributed by atoms with Crippen molar-refractivity contribution in [1.29, 1.82) is 0 Å². The number of hydrogen-bond donors (Lipinski definition) is 0. The van der Waals surface area contributed by atoms with Gasteiger partial charge in [0.05, 0.1) is 11.0 Å². The second-order valence-electron chi connectivity index (χ2n) is 5.94. The van der Waals surface area contributed by atoms with Crippen LogP contribution in [0.3, 0.4) is 0 Å². The first-order valence-corrected chi connectivity index (χ1v) is 8.32. The van der Waals surface area contributed by atoms with E-state index < -0.39 is 0 Å². The van der Waals surface area contributed by atoms with Crippen molar-refractivity contribution in [2.24, 2.45) is 0 Å². The Morgan fingerprint density at radius 2 is 2.10 bits per heavy atom. The van der Waals surface area contributed by atoms with Gasteiger partial charge in [-0.05, 0) is 37.5 Å². The van der Waals surface area contributed by atoms with E-state index in [0.717, 1.165) is 30.1 Å². The summed E-state index contributed by atoms with van der Waals surface area (Å²) in [6.45, 7) is 1.76. The second-order valence-corrected chi connectivity index (χ2v) is 6.37. The first kappa shape index (κ1) is 14.9. The van der Waals surface area contributed by atoms with E-state index >= 15 is 0 Å². The second kappa shape index (κ2) is 6.80. The number of nitrogens with zero attached hydrogens (tertiary/aromatic N) is 2. The lowest BCUT2D eigenvalue weighted by molar-refractivity contribution is 0.190. The fourth-order valence-corrected chi connectivity index (χ4v) is 3.56. The molecule has 1 aromatic carbocycles. The lowest BCUT2D eigenvalue weighted by Gasteiger charge is -2.22. The third-order valence-corrected chi connectivity index (χ3v) is 4.68. The van der Waals surface area contributed by atoms with E-state index in [9.17, 15) is 0 Å². The van der Waals surface area contributed by atoms with Crippen LogP contribution in [0.4, 0.5) is 0 Å². The number of hydrogen-bond acceptors (Lipinski definition) is 2. The van der Waals surface area contributed by atoms with Crippen LogP contribution in [0, 0.1) is 0 Å². The van der Waals surface area contributed by atoms with Gasteiger partial charge in [0.1, 0.15) is 5.82 Å². The molecule has 0 radical (unpaired) electrons. The van der Waals surface area contributed by atoms with Crippen LogP contribution in [0.5, 0.6) is 0 Å². The maximum absolute atomic E-state index is 6.12. The maximum Gasteiger partial charge on any atom is 0.112 e. The zero-order chi connectivity index (χ0) is 14.7. The number of halogens is 1. The number of benzene rings is 1. The summed E-state index contributed by atoms with van der Waals surface area (Å²) in [4.78, 5) is 4.91. The zero-order valence-electron chi connectivity index (χ0n) is 12.6. The molecule has 0 aliphatic heterocycles. The van der Waals surface area contributed by atoms with Crippen LogP contribution < -0.4 is 0 Å². The molecule has 0 spiro atoms. The Bertz CT molecular complexity index is 602.